The van der Waals surface area contributed by atoms with E-state index in [4.69, 9.17) is 9.97 Å². The van der Waals surface area contributed by atoms with Crippen molar-refractivity contribution in [3.63, 3.8) is 0 Å². The first-order chi connectivity index (χ1) is 72.1. The Balaban J connectivity index is 0.503. The van der Waals surface area contributed by atoms with Crippen LogP contribution in [-0.2, 0) is 16.2 Å². The lowest BCUT2D eigenvalue weighted by Crippen LogP contribution is -2.15. The fourth-order valence-corrected chi connectivity index (χ4v) is 26.3. The van der Waals surface area contributed by atoms with Gasteiger partial charge in [0.1, 0.15) is 0 Å². The van der Waals surface area contributed by atoms with Crippen LogP contribution in [0.3, 0.4) is 0 Å². The smallest absolute Gasteiger partial charge is 0.160 e. The van der Waals surface area contributed by atoms with Gasteiger partial charge in [0.25, 0.3) is 0 Å². The number of rotatable bonds is 12. The van der Waals surface area contributed by atoms with Crippen LogP contribution >= 0.6 is 0 Å². The maximum atomic E-state index is 5.61. The zero-order valence-electron chi connectivity index (χ0n) is 82.0. The number of fused-ring (bicyclic) bond motifs is 27. The van der Waals surface area contributed by atoms with Gasteiger partial charge < -0.3 is 27.4 Å². The van der Waals surface area contributed by atoms with Crippen molar-refractivity contribution in [1.29, 1.82) is 0 Å². The third-order valence-corrected chi connectivity index (χ3v) is 33.5. The summed E-state index contributed by atoms with van der Waals surface area (Å²) in [5.41, 5.74) is 47.8. The second-order valence-corrected chi connectivity index (χ2v) is 42.3. The first kappa shape index (κ1) is 83.2. The number of benzene rings is 21. The molecule has 0 fully saturated rings. The standard InChI is InChI=1S/C139H94N8/c1-137(2)116-34-16-7-25-98(116)101-67-61-95(79-119(101)137)145-124-37-19-10-28-104(124)110-64-49-89(76-133(110)145)86-52-70-130-113(73-86)107-31-13-22-40-127(107)142(130)92-55-43-83(44-56-92)122-82-123(84-45-57-93(58-46-84)143-128-41-23-14-32-108(128)114-74-87(53-71-131(114)143)90-50-65-111-105-29-11-20-38-125(105)146(134(111)77-90)96-62-68-102-99-26-8-17-35-117(99)138(3,4)120(102)80-96)141-136(140-122)85-47-59-94(60-48-85)144-129-42-24-15-33-109(129)115-75-88(54-72-132(115)144)91-51-66-112-106-30-12-21-39-126(106)147(135(112)78-91)97-63-69-103-100-27-9-18-36-118(100)139(5,6)121(103)81-97/h7-82H,1-6H3. The molecular weight excluding hydrogens is 1780 g/mol. The van der Waals surface area contributed by atoms with Gasteiger partial charge in [-0.3, -0.25) is 0 Å². The van der Waals surface area contributed by atoms with E-state index in [-0.39, 0.29) is 16.2 Å². The minimum Gasteiger partial charge on any atom is -0.309 e. The topological polar surface area (TPSA) is 55.4 Å². The predicted molar refractivity (Wildman–Crippen MR) is 613 cm³/mol. The predicted octanol–water partition coefficient (Wildman–Crippen LogP) is 36.0. The van der Waals surface area contributed by atoms with Gasteiger partial charge in [0.05, 0.1) is 77.6 Å². The Hall–Kier alpha value is -18.5. The molecule has 31 rings (SSSR count). The van der Waals surface area contributed by atoms with Crippen molar-refractivity contribution in [3.05, 3.63) is 494 Å². The Bertz CT molecular complexity index is 9640. The van der Waals surface area contributed by atoms with Gasteiger partial charge in [-0.1, -0.05) is 321 Å². The number of hydrogen-bond acceptors (Lipinski definition) is 2. The number of para-hydroxylation sites is 6. The van der Waals surface area contributed by atoms with Crippen LogP contribution in [-0.4, -0.2) is 37.4 Å². The maximum absolute atomic E-state index is 5.61. The lowest BCUT2D eigenvalue weighted by molar-refractivity contribution is 0.660. The molecule has 21 aromatic carbocycles. The van der Waals surface area contributed by atoms with E-state index >= 15 is 0 Å². The van der Waals surface area contributed by atoms with E-state index in [1.807, 2.05) is 0 Å². The van der Waals surface area contributed by atoms with Gasteiger partial charge in [0, 0.05) is 132 Å². The normalized spacial score (nSPS) is 13.7. The zero-order valence-corrected chi connectivity index (χ0v) is 82.0. The molecule has 0 N–H and O–H groups in total. The number of aromatic nitrogens is 8. The first-order valence-electron chi connectivity index (χ1n) is 51.3. The van der Waals surface area contributed by atoms with Crippen molar-refractivity contribution in [3.8, 4) is 135 Å². The van der Waals surface area contributed by atoms with Crippen LogP contribution in [0.15, 0.2) is 461 Å². The van der Waals surface area contributed by atoms with Gasteiger partial charge in [-0.2, -0.15) is 0 Å². The molecule has 690 valence electrons. The minimum absolute atomic E-state index is 0.133. The summed E-state index contributed by atoms with van der Waals surface area (Å²) in [6.45, 7) is 14.2. The SMILES string of the molecule is CC1(C)c2ccccc2-c2ccc(-n3c4ccccc4c4ccc(-c5ccc6c(c5)c5ccccc5n6-c5ccc(-c6cc(-c7ccc(-n8c9ccccc9c9cc(-c%10ccc%11c%12ccccc%12n(-c%12ccc%13c(c%12)C(C)(C)c%12ccccc%12-%13)c%11c%10)ccc98)cc7)nc(-c7ccc(-n8c9ccccc9c9cc(-c%10ccc%11c%12ccccc%12n(-c%12ccc%13c(c%12)C(C)(C)c%12ccccc%12-%13)c%11c%10)ccc98)cc7)n6)cc5)cc43)cc21. The van der Waals surface area contributed by atoms with Gasteiger partial charge in [0.15, 0.2) is 5.82 Å². The molecule has 7 heterocycles. The highest BCUT2D eigenvalue weighted by Gasteiger charge is 2.40. The Morgan fingerprint density at radius 3 is 0.653 bits per heavy atom. The maximum Gasteiger partial charge on any atom is 0.160 e. The average molecular weight is 1880 g/mol. The quantitative estimate of drug-likeness (QED) is 0.122. The Kier molecular flexibility index (Phi) is 17.4. The van der Waals surface area contributed by atoms with Crippen LogP contribution in [0.5, 0.6) is 0 Å². The molecule has 0 unspecified atom stereocenters. The second-order valence-electron chi connectivity index (χ2n) is 42.3. The molecule has 0 bridgehead atoms. The van der Waals surface area contributed by atoms with E-state index in [9.17, 15) is 0 Å². The lowest BCUT2D eigenvalue weighted by atomic mass is 9.82. The fraction of sp³-hybridized carbons (Fsp3) is 0.0647. The summed E-state index contributed by atoms with van der Waals surface area (Å²) >= 11 is 0. The van der Waals surface area contributed by atoms with Crippen molar-refractivity contribution in [2.75, 3.05) is 0 Å². The molecule has 7 aromatic heterocycles. The molecule has 28 aromatic rings. The highest BCUT2D eigenvalue weighted by atomic mass is 15.0. The van der Waals surface area contributed by atoms with Crippen molar-refractivity contribution in [2.24, 2.45) is 0 Å². The molecule has 0 radical (unpaired) electrons. The Labute approximate surface area is 849 Å². The number of nitrogens with zero attached hydrogens (tertiary/aromatic N) is 8. The molecule has 147 heavy (non-hydrogen) atoms. The summed E-state index contributed by atoms with van der Waals surface area (Å²) in [4.78, 5) is 11.2. The van der Waals surface area contributed by atoms with E-state index in [2.05, 4.69) is 530 Å². The van der Waals surface area contributed by atoms with Gasteiger partial charge in [0.2, 0.25) is 0 Å². The van der Waals surface area contributed by atoms with Crippen LogP contribution in [0.1, 0.15) is 74.9 Å². The van der Waals surface area contributed by atoms with Gasteiger partial charge in [-0.25, -0.2) is 9.97 Å². The van der Waals surface area contributed by atoms with E-state index < -0.39 is 0 Å². The van der Waals surface area contributed by atoms with Crippen molar-refractivity contribution >= 4 is 131 Å². The summed E-state index contributed by atoms with van der Waals surface area (Å²) < 4.78 is 14.7. The monoisotopic (exact) mass is 1870 g/mol. The molecule has 0 amide bonds. The summed E-state index contributed by atoms with van der Waals surface area (Å²) in [5, 5.41) is 14.6. The highest BCUT2D eigenvalue weighted by Crippen LogP contribution is 2.55. The molecule has 3 aliphatic carbocycles. The molecule has 0 saturated heterocycles. The fourth-order valence-electron chi connectivity index (χ4n) is 26.3. The van der Waals surface area contributed by atoms with E-state index in [1.54, 1.807) is 0 Å². The average Bonchev–Trinajstić information content (AvgIpc) is 1.56. The molecule has 0 spiro atoms. The second kappa shape index (κ2) is 30.8. The minimum atomic E-state index is -0.133. The summed E-state index contributed by atoms with van der Waals surface area (Å²) in [7, 11) is 0. The van der Waals surface area contributed by atoms with E-state index in [0.717, 1.165) is 112 Å². The van der Waals surface area contributed by atoms with E-state index in [0.29, 0.717) is 5.82 Å². The first-order valence-corrected chi connectivity index (χ1v) is 51.3. The van der Waals surface area contributed by atoms with Crippen LogP contribution in [0.2, 0.25) is 0 Å². The third kappa shape index (κ3) is 12.1. The van der Waals surface area contributed by atoms with Crippen LogP contribution < -0.4 is 0 Å². The number of hydrogen-bond donors (Lipinski definition) is 0. The summed E-state index contributed by atoms with van der Waals surface area (Å²) in [5.74, 6) is 0.630. The highest BCUT2D eigenvalue weighted by molar-refractivity contribution is 6.17. The third-order valence-electron chi connectivity index (χ3n) is 33.5. The summed E-state index contributed by atoms with van der Waals surface area (Å²) in [6, 6.07) is 173. The van der Waals surface area contributed by atoms with Crippen LogP contribution in [0.25, 0.3) is 266 Å². The van der Waals surface area contributed by atoms with Gasteiger partial charge in [-0.05, 0) is 282 Å². The summed E-state index contributed by atoms with van der Waals surface area (Å²) in [6.07, 6.45) is 0. The lowest BCUT2D eigenvalue weighted by Gasteiger charge is -2.22. The van der Waals surface area contributed by atoms with Crippen molar-refractivity contribution in [1.82, 2.24) is 37.4 Å². The molecular formula is C139H94N8. The van der Waals surface area contributed by atoms with Crippen molar-refractivity contribution in [2.45, 2.75) is 57.8 Å². The molecule has 0 aliphatic heterocycles. The Morgan fingerprint density at radius 1 is 0.143 bits per heavy atom. The molecule has 0 saturated carbocycles. The molecule has 0 atom stereocenters. The van der Waals surface area contributed by atoms with E-state index in [1.165, 1.54) is 182 Å². The molecule has 8 heteroatoms. The molecule has 3 aliphatic rings. The largest absolute Gasteiger partial charge is 0.309 e. The molecule has 8 nitrogen and oxygen atoms in total. The van der Waals surface area contributed by atoms with Gasteiger partial charge in [-0.15, -0.1) is 0 Å². The Morgan fingerprint density at radius 2 is 0.354 bits per heavy atom. The zero-order chi connectivity index (χ0) is 97.3. The van der Waals surface area contributed by atoms with Crippen LogP contribution in [0.4, 0.5) is 0 Å². The van der Waals surface area contributed by atoms with Crippen LogP contribution in [0, 0.1) is 0 Å². The van der Waals surface area contributed by atoms with Gasteiger partial charge >= 0.3 is 0 Å². The van der Waals surface area contributed by atoms with Crippen molar-refractivity contribution < 1.29 is 0 Å².